The summed E-state index contributed by atoms with van der Waals surface area (Å²) in [6.07, 6.45) is 6.81. The minimum atomic E-state index is -0.304. The highest BCUT2D eigenvalue weighted by atomic mass is 16.5. The molecule has 1 aromatic carbocycles. The summed E-state index contributed by atoms with van der Waals surface area (Å²) in [6, 6.07) is 11.2. The van der Waals surface area contributed by atoms with Gasteiger partial charge in [-0.25, -0.2) is 4.79 Å². The summed E-state index contributed by atoms with van der Waals surface area (Å²) in [6.45, 7) is 6.28. The molecular formula is C21H33N3O2. The van der Waals surface area contributed by atoms with E-state index in [1.807, 2.05) is 30.3 Å². The van der Waals surface area contributed by atoms with Gasteiger partial charge in [-0.05, 0) is 57.3 Å². The van der Waals surface area contributed by atoms with Crippen LogP contribution in [0.25, 0.3) is 0 Å². The number of nitrogens with zero attached hydrogens (tertiary/aromatic N) is 1. The average molecular weight is 360 g/mol. The fourth-order valence-corrected chi connectivity index (χ4v) is 3.84. The van der Waals surface area contributed by atoms with E-state index in [2.05, 4.69) is 22.5 Å². The van der Waals surface area contributed by atoms with Crippen molar-refractivity contribution in [2.75, 3.05) is 19.6 Å². The van der Waals surface area contributed by atoms with Crippen molar-refractivity contribution in [1.82, 2.24) is 15.5 Å². The number of hydrogen-bond acceptors (Lipinski definition) is 4. The van der Waals surface area contributed by atoms with E-state index in [1.54, 1.807) is 0 Å². The predicted octanol–water partition coefficient (Wildman–Crippen LogP) is 3.30. The Bertz CT molecular complexity index is 537. The van der Waals surface area contributed by atoms with Crippen molar-refractivity contribution in [2.45, 2.75) is 70.2 Å². The minimum absolute atomic E-state index is 0.250. The maximum absolute atomic E-state index is 11.9. The Kier molecular flexibility index (Phi) is 7.32. The molecule has 1 heterocycles. The van der Waals surface area contributed by atoms with Crippen molar-refractivity contribution in [1.29, 1.82) is 0 Å². The molecule has 1 saturated carbocycles. The number of amides is 1. The van der Waals surface area contributed by atoms with Gasteiger partial charge in [-0.2, -0.15) is 0 Å². The van der Waals surface area contributed by atoms with Crippen LogP contribution < -0.4 is 10.6 Å². The van der Waals surface area contributed by atoms with E-state index in [9.17, 15) is 4.79 Å². The van der Waals surface area contributed by atoms with E-state index < -0.39 is 0 Å². The molecule has 1 aromatic rings. The van der Waals surface area contributed by atoms with Crippen LogP contribution in [-0.2, 0) is 11.3 Å². The Labute approximate surface area is 157 Å². The van der Waals surface area contributed by atoms with Crippen LogP contribution in [0.1, 0.15) is 51.0 Å². The number of piperidine rings is 1. The van der Waals surface area contributed by atoms with Gasteiger partial charge >= 0.3 is 6.09 Å². The lowest BCUT2D eigenvalue weighted by atomic mass is 9.85. The number of unbranched alkanes of at least 4 members (excludes halogenated alkanes) is 1. The first kappa shape index (κ1) is 19.2. The molecule has 0 atom stereocenters. The maximum Gasteiger partial charge on any atom is 0.407 e. The van der Waals surface area contributed by atoms with Crippen LogP contribution in [0.3, 0.4) is 0 Å². The fourth-order valence-electron chi connectivity index (χ4n) is 3.84. The van der Waals surface area contributed by atoms with Crippen LogP contribution in [-0.4, -0.2) is 48.8 Å². The lowest BCUT2D eigenvalue weighted by Crippen LogP contribution is -2.56. The first-order valence-electron chi connectivity index (χ1n) is 10.2. The number of hydrogen-bond donors (Lipinski definition) is 2. The molecule has 1 saturated heterocycles. The van der Waals surface area contributed by atoms with E-state index in [0.29, 0.717) is 18.7 Å². The number of ether oxygens (including phenoxy) is 1. The Balaban J connectivity index is 1.25. The standard InChI is InChI=1S/C21H33N3O2/c1-2-3-11-24-12-9-18(10-13-24)22-19-14-20(15-19)23-21(25)26-16-17-7-5-4-6-8-17/h4-8,18-20,22H,2-3,9-16H2,1H3,(H,23,25). The number of alkyl carbamates (subject to hydrolysis) is 1. The van der Waals surface area contributed by atoms with Crippen LogP contribution in [0.15, 0.2) is 30.3 Å². The van der Waals surface area contributed by atoms with Gasteiger partial charge in [0, 0.05) is 18.1 Å². The number of carbonyl (C=O) groups excluding carboxylic acids is 1. The summed E-state index contributed by atoms with van der Waals surface area (Å²) in [5.41, 5.74) is 1.01. The van der Waals surface area contributed by atoms with Gasteiger partial charge in [0.25, 0.3) is 0 Å². The number of rotatable bonds is 8. The molecule has 0 bridgehead atoms. The van der Waals surface area contributed by atoms with Gasteiger partial charge in [0.1, 0.15) is 6.61 Å². The van der Waals surface area contributed by atoms with Crippen molar-refractivity contribution < 1.29 is 9.53 Å². The molecule has 0 spiro atoms. The van der Waals surface area contributed by atoms with Gasteiger partial charge in [0.15, 0.2) is 0 Å². The Hall–Kier alpha value is -1.59. The molecule has 0 aromatic heterocycles. The van der Waals surface area contributed by atoms with Crippen molar-refractivity contribution in [3.05, 3.63) is 35.9 Å². The molecule has 3 rings (SSSR count). The summed E-state index contributed by atoms with van der Waals surface area (Å²) >= 11 is 0. The SMILES string of the molecule is CCCCN1CCC(NC2CC(NC(=O)OCc3ccccc3)C2)CC1. The second-order valence-corrected chi connectivity index (χ2v) is 7.71. The van der Waals surface area contributed by atoms with Gasteiger partial charge < -0.3 is 20.3 Å². The summed E-state index contributed by atoms with van der Waals surface area (Å²) in [7, 11) is 0. The molecule has 0 radical (unpaired) electrons. The Morgan fingerprint density at radius 2 is 1.85 bits per heavy atom. The molecule has 2 aliphatic rings. The van der Waals surface area contributed by atoms with Crippen LogP contribution in [0, 0.1) is 0 Å². The smallest absolute Gasteiger partial charge is 0.407 e. The summed E-state index contributed by atoms with van der Waals surface area (Å²) in [5.74, 6) is 0. The molecule has 5 heteroatoms. The minimum Gasteiger partial charge on any atom is -0.445 e. The van der Waals surface area contributed by atoms with E-state index in [0.717, 1.165) is 18.4 Å². The number of benzene rings is 1. The van der Waals surface area contributed by atoms with E-state index in [-0.39, 0.29) is 12.1 Å². The van der Waals surface area contributed by atoms with E-state index in [1.165, 1.54) is 45.3 Å². The van der Waals surface area contributed by atoms with E-state index in [4.69, 9.17) is 4.74 Å². The average Bonchev–Trinajstić information content (AvgIpc) is 2.65. The first-order chi connectivity index (χ1) is 12.7. The van der Waals surface area contributed by atoms with Crippen molar-refractivity contribution >= 4 is 6.09 Å². The quantitative estimate of drug-likeness (QED) is 0.748. The zero-order valence-electron chi connectivity index (χ0n) is 16.0. The van der Waals surface area contributed by atoms with Gasteiger partial charge in [0.05, 0.1) is 0 Å². The molecule has 2 N–H and O–H groups in total. The molecule has 26 heavy (non-hydrogen) atoms. The summed E-state index contributed by atoms with van der Waals surface area (Å²) in [5, 5.41) is 6.75. The Morgan fingerprint density at radius 3 is 2.54 bits per heavy atom. The van der Waals surface area contributed by atoms with Gasteiger partial charge in [-0.3, -0.25) is 0 Å². The lowest BCUT2D eigenvalue weighted by molar-refractivity contribution is 0.120. The highest BCUT2D eigenvalue weighted by Crippen LogP contribution is 2.23. The Morgan fingerprint density at radius 1 is 1.12 bits per heavy atom. The van der Waals surface area contributed by atoms with Crippen LogP contribution in [0.5, 0.6) is 0 Å². The molecule has 144 valence electrons. The highest BCUT2D eigenvalue weighted by molar-refractivity contribution is 5.67. The van der Waals surface area contributed by atoms with Crippen LogP contribution in [0.2, 0.25) is 0 Å². The predicted molar refractivity (Wildman–Crippen MR) is 104 cm³/mol. The van der Waals surface area contributed by atoms with Gasteiger partial charge in [0.2, 0.25) is 0 Å². The fraction of sp³-hybridized carbons (Fsp3) is 0.667. The van der Waals surface area contributed by atoms with Crippen molar-refractivity contribution in [3.63, 3.8) is 0 Å². The molecule has 0 unspecified atom stereocenters. The number of carbonyl (C=O) groups is 1. The molecular weight excluding hydrogens is 326 g/mol. The van der Waals surface area contributed by atoms with Crippen LogP contribution in [0.4, 0.5) is 4.79 Å². The molecule has 1 amide bonds. The second kappa shape index (κ2) is 9.93. The third-order valence-corrected chi connectivity index (χ3v) is 5.56. The van der Waals surface area contributed by atoms with Crippen molar-refractivity contribution in [2.24, 2.45) is 0 Å². The number of nitrogens with one attached hydrogen (secondary N) is 2. The lowest BCUT2D eigenvalue weighted by Gasteiger charge is -2.41. The summed E-state index contributed by atoms with van der Waals surface area (Å²) < 4.78 is 5.29. The zero-order chi connectivity index (χ0) is 18.2. The maximum atomic E-state index is 11.9. The zero-order valence-corrected chi connectivity index (χ0v) is 16.0. The third-order valence-electron chi connectivity index (χ3n) is 5.56. The second-order valence-electron chi connectivity index (χ2n) is 7.71. The topological polar surface area (TPSA) is 53.6 Å². The molecule has 1 aliphatic carbocycles. The largest absolute Gasteiger partial charge is 0.445 e. The number of likely N-dealkylation sites (tertiary alicyclic amines) is 1. The van der Waals surface area contributed by atoms with Gasteiger partial charge in [-0.1, -0.05) is 43.7 Å². The third kappa shape index (κ3) is 5.99. The first-order valence-corrected chi connectivity index (χ1v) is 10.2. The normalized spacial score (nSPS) is 24.0. The summed E-state index contributed by atoms with van der Waals surface area (Å²) in [4.78, 5) is 14.5. The highest BCUT2D eigenvalue weighted by Gasteiger charge is 2.32. The van der Waals surface area contributed by atoms with Gasteiger partial charge in [-0.15, -0.1) is 0 Å². The van der Waals surface area contributed by atoms with Crippen molar-refractivity contribution in [3.8, 4) is 0 Å². The van der Waals surface area contributed by atoms with E-state index >= 15 is 0 Å². The monoisotopic (exact) mass is 359 g/mol. The molecule has 5 nitrogen and oxygen atoms in total. The molecule has 1 aliphatic heterocycles. The van der Waals surface area contributed by atoms with Crippen LogP contribution >= 0.6 is 0 Å². The molecule has 2 fully saturated rings.